The highest BCUT2D eigenvalue weighted by atomic mass is 32.2. The fourth-order valence-electron chi connectivity index (χ4n) is 4.92. The maximum atomic E-state index is 15.1. The van der Waals surface area contributed by atoms with Gasteiger partial charge in [0.2, 0.25) is 10.0 Å². The molecule has 1 aliphatic rings. The number of hydrogen-bond acceptors (Lipinski definition) is 6. The Morgan fingerprint density at radius 1 is 1.12 bits per heavy atom. The minimum Gasteiger partial charge on any atom is -0.476 e. The number of carboxylic acid groups (broad SMARTS) is 1. The molecule has 1 saturated carbocycles. The summed E-state index contributed by atoms with van der Waals surface area (Å²) in [5.74, 6) is -1.54. The van der Waals surface area contributed by atoms with E-state index in [2.05, 4.69) is 4.98 Å². The third-order valence-electron chi connectivity index (χ3n) is 7.25. The van der Waals surface area contributed by atoms with Gasteiger partial charge in [0.1, 0.15) is 11.6 Å². The fourth-order valence-corrected chi connectivity index (χ4v) is 6.29. The van der Waals surface area contributed by atoms with Crippen LogP contribution in [0.2, 0.25) is 0 Å². The molecule has 0 aliphatic heterocycles. The quantitative estimate of drug-likeness (QED) is 0.174. The van der Waals surface area contributed by atoms with Crippen molar-refractivity contribution in [3.63, 3.8) is 0 Å². The molecule has 2 aromatic heterocycles. The van der Waals surface area contributed by atoms with E-state index in [0.29, 0.717) is 34.3 Å². The Morgan fingerprint density at radius 2 is 1.90 bits per heavy atom. The van der Waals surface area contributed by atoms with Gasteiger partial charge in [-0.1, -0.05) is 24.3 Å². The van der Waals surface area contributed by atoms with Crippen LogP contribution in [0, 0.1) is 17.6 Å². The summed E-state index contributed by atoms with van der Waals surface area (Å²) in [6.07, 6.45) is 3.47. The Hall–Kier alpha value is -3.90. The summed E-state index contributed by atoms with van der Waals surface area (Å²) in [5.41, 5.74) is 4.83. The van der Waals surface area contributed by atoms with E-state index in [1.807, 2.05) is 24.3 Å². The van der Waals surface area contributed by atoms with Gasteiger partial charge in [-0.3, -0.25) is 0 Å². The largest absolute Gasteiger partial charge is 0.476 e. The van der Waals surface area contributed by atoms with Crippen LogP contribution in [0.1, 0.15) is 40.2 Å². The van der Waals surface area contributed by atoms with Gasteiger partial charge in [0, 0.05) is 28.5 Å². The molecule has 0 bridgehead atoms. The van der Waals surface area contributed by atoms with Gasteiger partial charge in [0.15, 0.2) is 5.69 Å². The van der Waals surface area contributed by atoms with E-state index in [0.717, 1.165) is 41.0 Å². The number of carbonyl (C=O) groups is 1. The highest BCUT2D eigenvalue weighted by Gasteiger charge is 2.30. The fraction of sp³-hybridized carbons (Fsp3) is 0.194. The van der Waals surface area contributed by atoms with Crippen molar-refractivity contribution in [2.45, 2.75) is 30.6 Å². The van der Waals surface area contributed by atoms with E-state index in [1.54, 1.807) is 36.1 Å². The predicted octanol–water partition coefficient (Wildman–Crippen LogP) is 6.59. The number of aromatic nitrogens is 3. The van der Waals surface area contributed by atoms with Crippen molar-refractivity contribution in [3.05, 3.63) is 106 Å². The molecule has 5 aromatic rings. The van der Waals surface area contributed by atoms with E-state index >= 15 is 4.39 Å². The molecular weight excluding hydrogens is 578 g/mol. The molecule has 1 fully saturated rings. The highest BCUT2D eigenvalue weighted by molar-refractivity contribution is 7.90. The average Bonchev–Trinajstić information content (AvgIpc) is 3.55. The highest BCUT2D eigenvalue weighted by Crippen LogP contribution is 2.39. The molecule has 1 unspecified atom stereocenters. The van der Waals surface area contributed by atoms with Crippen LogP contribution in [0.3, 0.4) is 0 Å². The summed E-state index contributed by atoms with van der Waals surface area (Å²) < 4.78 is 36.1. The summed E-state index contributed by atoms with van der Waals surface area (Å²) in [4.78, 5) is 16.8. The van der Waals surface area contributed by atoms with Crippen LogP contribution in [-0.2, 0) is 28.4 Å². The smallest absolute Gasteiger partial charge is 0.355 e. The summed E-state index contributed by atoms with van der Waals surface area (Å²) in [6.45, 7) is 0. The van der Waals surface area contributed by atoms with Gasteiger partial charge in [0.25, 0.3) is 11.4 Å². The molecule has 3 N–H and O–H groups in total. The number of aromatic carboxylic acids is 1. The summed E-state index contributed by atoms with van der Waals surface area (Å²) >= 11 is 0.394. The number of nitrogens with two attached hydrogens (primary N) is 1. The molecule has 11 heteroatoms. The van der Waals surface area contributed by atoms with Crippen LogP contribution < -0.4 is 5.14 Å². The third-order valence-corrected chi connectivity index (χ3v) is 9.16. The van der Waals surface area contributed by atoms with Gasteiger partial charge < -0.3 is 5.11 Å². The first kappa shape index (κ1) is 28.2. The molecule has 0 saturated heterocycles. The number of carboxylic acids is 1. The van der Waals surface area contributed by atoms with Gasteiger partial charge in [0.05, 0.1) is 18.5 Å². The first-order valence-corrected chi connectivity index (χ1v) is 15.4. The molecule has 214 valence electrons. The lowest BCUT2D eigenvalue weighted by Crippen LogP contribution is -2.15. The van der Waals surface area contributed by atoms with Gasteiger partial charge in [-0.25, -0.2) is 23.2 Å². The average molecular weight is 606 g/mol. The first-order chi connectivity index (χ1) is 20.3. The van der Waals surface area contributed by atoms with Crippen molar-refractivity contribution in [2.24, 2.45) is 11.1 Å². The lowest BCUT2D eigenvalue weighted by atomic mass is 9.95. The van der Waals surface area contributed by atoms with Crippen molar-refractivity contribution in [1.29, 1.82) is 0 Å². The molecule has 7 nitrogen and oxygen atoms in total. The minimum absolute atomic E-state index is 0.0490. The second kappa shape index (κ2) is 11.8. The summed E-state index contributed by atoms with van der Waals surface area (Å²) in [7, 11) is 1.57. The maximum Gasteiger partial charge on any atom is 0.355 e. The van der Waals surface area contributed by atoms with Crippen molar-refractivity contribution in [3.8, 4) is 27.5 Å². The van der Waals surface area contributed by atoms with Crippen LogP contribution in [0.4, 0.5) is 8.78 Å². The molecule has 0 radical (unpaired) electrons. The van der Waals surface area contributed by atoms with E-state index < -0.39 is 29.0 Å². The lowest BCUT2D eigenvalue weighted by molar-refractivity contribution is 0.0691. The number of halogens is 2. The number of rotatable bonds is 10. The van der Waals surface area contributed by atoms with Crippen molar-refractivity contribution >= 4 is 28.7 Å². The Bertz CT molecular complexity index is 1770. The molecule has 1 aliphatic carbocycles. The molecule has 0 amide bonds. The molecule has 2 heterocycles. The van der Waals surface area contributed by atoms with Crippen molar-refractivity contribution in [2.75, 3.05) is 7.11 Å². The topological polar surface area (TPSA) is 103 Å². The van der Waals surface area contributed by atoms with E-state index in [4.69, 9.17) is 14.4 Å². The zero-order valence-corrected chi connectivity index (χ0v) is 24.2. The second-order valence-corrected chi connectivity index (χ2v) is 12.4. The molecular formula is C31H27F2N4O3S2+. The zero-order valence-electron chi connectivity index (χ0n) is 22.6. The van der Waals surface area contributed by atoms with Gasteiger partial charge in [-0.15, -0.1) is 16.5 Å². The van der Waals surface area contributed by atoms with Gasteiger partial charge >= 0.3 is 5.97 Å². The van der Waals surface area contributed by atoms with Crippen molar-refractivity contribution < 1.29 is 22.9 Å². The zero-order chi connectivity index (χ0) is 29.4. The number of nitrogens with zero attached hydrogens (tertiary/aromatic N) is 3. The Balaban J connectivity index is 1.51. The molecule has 0 spiro atoms. The van der Waals surface area contributed by atoms with Gasteiger partial charge in [-0.2, -0.15) is 9.28 Å². The Kier molecular flexibility index (Phi) is 7.91. The van der Waals surface area contributed by atoms with Crippen LogP contribution in [0.25, 0.3) is 27.5 Å². The SMILES string of the molecule is CO[S+](N)c1ccc(Cc2c(-c3ccc(F)c(-c4cccc(F)c4)c3)nn(-c3nc(C(=O)O)cs3)c2CC2CC2)cc1. The maximum absolute atomic E-state index is 15.1. The standard InChI is InChI=1S/C31H26F2N4O3S2/c1-40-42(34)23-10-7-18(8-11-23)13-25-28(14-19-5-6-19)37(31-35-27(17-41-31)30(38)39)36-29(25)21-9-12-26(33)24(16-21)20-3-2-4-22(32)15-20/h2-4,7-12,15-17,19H,5-6,13-14,34H2,1H3/p+1. The summed E-state index contributed by atoms with van der Waals surface area (Å²) in [6, 6.07) is 18.4. The monoisotopic (exact) mass is 605 g/mol. The van der Waals surface area contributed by atoms with Crippen LogP contribution >= 0.6 is 11.3 Å². The van der Waals surface area contributed by atoms with Crippen LogP contribution in [0.5, 0.6) is 0 Å². The normalized spacial score (nSPS) is 13.8. The van der Waals surface area contributed by atoms with Crippen molar-refractivity contribution in [1.82, 2.24) is 14.8 Å². The molecule has 3 aromatic carbocycles. The van der Waals surface area contributed by atoms with E-state index in [-0.39, 0.29) is 11.3 Å². The van der Waals surface area contributed by atoms with Crippen LogP contribution in [0.15, 0.2) is 77.0 Å². The Morgan fingerprint density at radius 3 is 2.57 bits per heavy atom. The minimum atomic E-state index is -1.11. The number of benzene rings is 3. The molecule has 6 rings (SSSR count). The number of thiazole rings is 1. The molecule has 42 heavy (non-hydrogen) atoms. The summed E-state index contributed by atoms with van der Waals surface area (Å²) in [5, 5.41) is 22.5. The second-order valence-electron chi connectivity index (χ2n) is 10.1. The van der Waals surface area contributed by atoms with E-state index in [1.165, 1.54) is 34.9 Å². The third kappa shape index (κ3) is 5.86. The van der Waals surface area contributed by atoms with E-state index in [9.17, 15) is 14.3 Å². The first-order valence-electron chi connectivity index (χ1n) is 13.3. The number of hydrogen-bond donors (Lipinski definition) is 2. The van der Waals surface area contributed by atoms with Gasteiger partial charge in [-0.05, 0) is 78.8 Å². The van der Waals surface area contributed by atoms with Crippen LogP contribution in [-0.4, -0.2) is 33.0 Å². The lowest BCUT2D eigenvalue weighted by Gasteiger charge is -2.10. The molecule has 1 atom stereocenters. The predicted molar refractivity (Wildman–Crippen MR) is 159 cm³/mol. The Labute approximate surface area is 248 Å².